The lowest BCUT2D eigenvalue weighted by Crippen LogP contribution is -2.50. The Kier molecular flexibility index (Phi) is 7.56. The fourth-order valence-corrected chi connectivity index (χ4v) is 4.55. The number of hydrogen-bond acceptors (Lipinski definition) is 4. The van der Waals surface area contributed by atoms with Crippen molar-refractivity contribution in [1.82, 2.24) is 20.7 Å². The van der Waals surface area contributed by atoms with E-state index in [9.17, 15) is 0 Å². The van der Waals surface area contributed by atoms with Crippen molar-refractivity contribution in [3.63, 3.8) is 0 Å². The van der Waals surface area contributed by atoms with Crippen LogP contribution in [0.15, 0.2) is 15.6 Å². The van der Waals surface area contributed by atoms with Crippen molar-refractivity contribution < 1.29 is 4.52 Å². The minimum Gasteiger partial charge on any atom is -0.359 e. The number of nitrogens with zero attached hydrogens (tertiary/aromatic N) is 3. The normalized spacial score (nSPS) is 20.5. The van der Waals surface area contributed by atoms with Gasteiger partial charge in [-0.15, -0.1) is 0 Å². The summed E-state index contributed by atoms with van der Waals surface area (Å²) < 4.78 is 5.50. The molecule has 1 aliphatic carbocycles. The van der Waals surface area contributed by atoms with Crippen LogP contribution in [-0.4, -0.2) is 48.2 Å². The lowest BCUT2D eigenvalue weighted by atomic mass is 9.99. The third-order valence-electron chi connectivity index (χ3n) is 6.35. The summed E-state index contributed by atoms with van der Waals surface area (Å²) in [5, 5.41) is 11.2. The van der Waals surface area contributed by atoms with Crippen molar-refractivity contribution in [2.45, 2.75) is 89.8 Å². The van der Waals surface area contributed by atoms with Gasteiger partial charge >= 0.3 is 0 Å². The smallest absolute Gasteiger partial charge is 0.191 e. The Morgan fingerprint density at radius 3 is 2.56 bits per heavy atom. The van der Waals surface area contributed by atoms with E-state index in [-0.39, 0.29) is 0 Å². The number of piperidine rings is 1. The Bertz CT molecular complexity index is 581. The molecule has 1 aromatic heterocycles. The maximum absolute atomic E-state index is 5.50. The molecule has 1 saturated carbocycles. The average molecular weight is 376 g/mol. The Hall–Kier alpha value is -1.56. The van der Waals surface area contributed by atoms with Gasteiger partial charge in [-0.1, -0.05) is 31.8 Å². The first-order valence-corrected chi connectivity index (χ1v) is 10.9. The number of nitrogens with one attached hydrogen (secondary N) is 2. The van der Waals surface area contributed by atoms with Crippen LogP contribution in [0.5, 0.6) is 0 Å². The van der Waals surface area contributed by atoms with Crippen LogP contribution in [0.1, 0.15) is 82.6 Å². The number of aromatic nitrogens is 1. The van der Waals surface area contributed by atoms with Gasteiger partial charge in [0, 0.05) is 44.2 Å². The third-order valence-corrected chi connectivity index (χ3v) is 6.35. The van der Waals surface area contributed by atoms with E-state index in [0.717, 1.165) is 36.3 Å². The molecule has 1 saturated heterocycles. The second-order valence-corrected chi connectivity index (χ2v) is 8.05. The number of aliphatic imine (C=N–C) groups is 1. The number of likely N-dealkylation sites (tertiary alicyclic amines) is 1. The number of rotatable bonds is 7. The topological polar surface area (TPSA) is 65.7 Å². The SMILES string of the molecule is CCC(CC)c1cc(CNC(=NC)NC2CCN(C3CCCC3)CC2)on1. The van der Waals surface area contributed by atoms with Crippen molar-refractivity contribution in [3.8, 4) is 0 Å². The molecule has 2 heterocycles. The van der Waals surface area contributed by atoms with E-state index >= 15 is 0 Å². The number of guanidine groups is 1. The van der Waals surface area contributed by atoms with Crippen molar-refractivity contribution in [3.05, 3.63) is 17.5 Å². The molecule has 3 rings (SSSR count). The van der Waals surface area contributed by atoms with Crippen molar-refractivity contribution in [2.75, 3.05) is 20.1 Å². The lowest BCUT2D eigenvalue weighted by molar-refractivity contribution is 0.150. The Morgan fingerprint density at radius 1 is 1.22 bits per heavy atom. The minimum atomic E-state index is 0.491. The Labute approximate surface area is 164 Å². The largest absolute Gasteiger partial charge is 0.359 e. The molecule has 0 atom stereocenters. The van der Waals surface area contributed by atoms with Crippen LogP contribution in [0.2, 0.25) is 0 Å². The van der Waals surface area contributed by atoms with Gasteiger partial charge in [0.2, 0.25) is 0 Å². The highest BCUT2D eigenvalue weighted by Crippen LogP contribution is 2.26. The third kappa shape index (κ3) is 5.47. The average Bonchev–Trinajstić information content (AvgIpc) is 3.39. The fraction of sp³-hybridized carbons (Fsp3) is 0.810. The van der Waals surface area contributed by atoms with Gasteiger partial charge in [0.25, 0.3) is 0 Å². The van der Waals surface area contributed by atoms with Gasteiger partial charge in [0.15, 0.2) is 11.7 Å². The molecule has 6 nitrogen and oxygen atoms in total. The number of hydrogen-bond donors (Lipinski definition) is 2. The Balaban J connectivity index is 1.42. The van der Waals surface area contributed by atoms with E-state index < -0.39 is 0 Å². The van der Waals surface area contributed by atoms with E-state index in [0.29, 0.717) is 18.5 Å². The summed E-state index contributed by atoms with van der Waals surface area (Å²) in [6.07, 6.45) is 10.2. The molecule has 0 radical (unpaired) electrons. The van der Waals surface area contributed by atoms with Crippen molar-refractivity contribution in [1.29, 1.82) is 0 Å². The molecule has 0 spiro atoms. The van der Waals surface area contributed by atoms with Crippen molar-refractivity contribution >= 4 is 5.96 Å². The molecule has 6 heteroatoms. The predicted octanol–water partition coefficient (Wildman–Crippen LogP) is 3.65. The van der Waals surface area contributed by atoms with E-state index in [2.05, 4.69) is 45.6 Å². The lowest BCUT2D eigenvalue weighted by Gasteiger charge is -2.36. The summed E-state index contributed by atoms with van der Waals surface area (Å²) >= 11 is 0. The molecule has 0 bridgehead atoms. The summed E-state index contributed by atoms with van der Waals surface area (Å²) in [6, 6.07) is 3.43. The summed E-state index contributed by atoms with van der Waals surface area (Å²) in [6.45, 7) is 7.43. The molecular formula is C21H37N5O. The summed E-state index contributed by atoms with van der Waals surface area (Å²) in [7, 11) is 1.83. The van der Waals surface area contributed by atoms with Gasteiger partial charge in [-0.3, -0.25) is 4.99 Å². The zero-order valence-electron chi connectivity index (χ0n) is 17.3. The van der Waals surface area contributed by atoms with E-state index in [1.54, 1.807) is 0 Å². The van der Waals surface area contributed by atoms with Crippen LogP contribution in [0.25, 0.3) is 0 Å². The zero-order chi connectivity index (χ0) is 19.1. The molecule has 2 N–H and O–H groups in total. The maximum Gasteiger partial charge on any atom is 0.191 e. The summed E-state index contributed by atoms with van der Waals surface area (Å²) in [5.74, 6) is 2.22. The highest BCUT2D eigenvalue weighted by molar-refractivity contribution is 5.79. The Morgan fingerprint density at radius 2 is 1.93 bits per heavy atom. The molecule has 0 unspecified atom stereocenters. The maximum atomic E-state index is 5.50. The second-order valence-electron chi connectivity index (χ2n) is 8.05. The zero-order valence-corrected chi connectivity index (χ0v) is 17.3. The van der Waals surface area contributed by atoms with E-state index in [1.807, 2.05) is 7.05 Å². The first-order valence-electron chi connectivity index (χ1n) is 10.9. The van der Waals surface area contributed by atoms with Gasteiger partial charge in [0.1, 0.15) is 0 Å². The van der Waals surface area contributed by atoms with Crippen molar-refractivity contribution in [2.24, 2.45) is 4.99 Å². The molecule has 2 fully saturated rings. The van der Waals surface area contributed by atoms with Crippen LogP contribution in [0.3, 0.4) is 0 Å². The first-order chi connectivity index (χ1) is 13.2. The highest BCUT2D eigenvalue weighted by atomic mass is 16.5. The van der Waals surface area contributed by atoms with Gasteiger partial charge in [-0.25, -0.2) is 0 Å². The summed E-state index contributed by atoms with van der Waals surface area (Å²) in [4.78, 5) is 7.09. The highest BCUT2D eigenvalue weighted by Gasteiger charge is 2.27. The monoisotopic (exact) mass is 375 g/mol. The molecule has 0 aromatic carbocycles. The van der Waals surface area contributed by atoms with E-state index in [4.69, 9.17) is 4.52 Å². The predicted molar refractivity (Wildman–Crippen MR) is 110 cm³/mol. The fourth-order valence-electron chi connectivity index (χ4n) is 4.55. The molecule has 27 heavy (non-hydrogen) atoms. The van der Waals surface area contributed by atoms with Gasteiger partial charge < -0.3 is 20.1 Å². The molecular weight excluding hydrogens is 338 g/mol. The van der Waals surface area contributed by atoms with Gasteiger partial charge in [0.05, 0.1) is 12.2 Å². The standard InChI is InChI=1S/C21H37N5O/c1-4-16(5-2)20-14-19(27-25-20)15-23-21(22-3)24-17-10-12-26(13-11-17)18-8-6-7-9-18/h14,16-18H,4-13,15H2,1-3H3,(H2,22,23,24). The van der Waals surface area contributed by atoms with Gasteiger partial charge in [-0.05, 0) is 38.5 Å². The molecule has 1 aliphatic heterocycles. The molecule has 2 aliphatic rings. The van der Waals surface area contributed by atoms with Crippen LogP contribution in [-0.2, 0) is 6.54 Å². The minimum absolute atomic E-state index is 0.491. The van der Waals surface area contributed by atoms with Crippen LogP contribution in [0, 0.1) is 0 Å². The quantitative estimate of drug-likeness (QED) is 0.562. The van der Waals surface area contributed by atoms with E-state index in [1.165, 1.54) is 51.6 Å². The molecule has 152 valence electrons. The first kappa shape index (κ1) is 20.2. The molecule has 0 amide bonds. The second kappa shape index (κ2) is 10.1. The van der Waals surface area contributed by atoms with Gasteiger partial charge in [-0.2, -0.15) is 0 Å². The summed E-state index contributed by atoms with van der Waals surface area (Å²) in [5.41, 5.74) is 1.07. The van der Waals surface area contributed by atoms with Crippen LogP contribution >= 0.6 is 0 Å². The van der Waals surface area contributed by atoms with Crippen LogP contribution in [0.4, 0.5) is 0 Å². The van der Waals surface area contributed by atoms with Crippen LogP contribution < -0.4 is 10.6 Å². The molecule has 1 aromatic rings.